The molecule has 0 radical (unpaired) electrons. The first kappa shape index (κ1) is 21.6. The molecular formula is C16H29F3O2S. The Hall–Kier alpha value is -0.390. The van der Waals surface area contributed by atoms with Gasteiger partial charge >= 0.3 is 12.1 Å². The minimum Gasteiger partial charge on any atom is -0.459 e. The highest BCUT2D eigenvalue weighted by Crippen LogP contribution is 2.26. The average molecular weight is 342 g/mol. The third kappa shape index (κ3) is 12.2. The van der Waals surface area contributed by atoms with Gasteiger partial charge in [0.05, 0.1) is 0 Å². The van der Waals surface area contributed by atoms with Gasteiger partial charge in [0.1, 0.15) is 10.9 Å². The Morgan fingerprint density at radius 2 is 1.59 bits per heavy atom. The maximum Gasteiger partial charge on any atom is 0.389 e. The molecule has 0 spiro atoms. The summed E-state index contributed by atoms with van der Waals surface area (Å²) in [4.78, 5) is 12.1. The molecule has 0 aliphatic heterocycles. The van der Waals surface area contributed by atoms with Gasteiger partial charge in [0, 0.05) is 6.42 Å². The van der Waals surface area contributed by atoms with Crippen molar-refractivity contribution < 1.29 is 22.7 Å². The van der Waals surface area contributed by atoms with E-state index in [0.717, 1.165) is 18.6 Å². The van der Waals surface area contributed by atoms with E-state index in [2.05, 4.69) is 0 Å². The van der Waals surface area contributed by atoms with Crippen LogP contribution in [0.25, 0.3) is 0 Å². The summed E-state index contributed by atoms with van der Waals surface area (Å²) < 4.78 is 41.4. The molecule has 0 aromatic carbocycles. The van der Waals surface area contributed by atoms with E-state index < -0.39 is 18.2 Å². The van der Waals surface area contributed by atoms with Crippen molar-refractivity contribution in [2.75, 3.05) is 5.75 Å². The summed E-state index contributed by atoms with van der Waals surface area (Å²) in [6, 6.07) is 0. The standard InChI is InChI=1S/C16H29F3O2S/c1-12(2)13(14(20)21-15(3,4)5)22-11-9-7-6-8-10-16(17,18)19/h12-13H,6-11H2,1-5H3. The SMILES string of the molecule is CC(C)C(SCCCCCCC(F)(F)F)C(=O)OC(C)(C)C. The molecule has 0 saturated carbocycles. The van der Waals surface area contributed by atoms with Gasteiger partial charge in [-0.25, -0.2) is 0 Å². The molecule has 0 N–H and O–H groups in total. The van der Waals surface area contributed by atoms with Crippen LogP contribution in [0, 0.1) is 5.92 Å². The van der Waals surface area contributed by atoms with Gasteiger partial charge in [-0.15, -0.1) is 11.8 Å². The van der Waals surface area contributed by atoms with Gasteiger partial charge in [-0.2, -0.15) is 13.2 Å². The van der Waals surface area contributed by atoms with Gasteiger partial charge in [-0.1, -0.05) is 26.7 Å². The smallest absolute Gasteiger partial charge is 0.389 e. The number of rotatable bonds is 9. The highest BCUT2D eigenvalue weighted by atomic mass is 32.2. The Labute approximate surface area is 136 Å². The number of halogens is 3. The van der Waals surface area contributed by atoms with Gasteiger partial charge in [-0.05, 0) is 45.3 Å². The Balaban J connectivity index is 3.95. The van der Waals surface area contributed by atoms with Crippen molar-refractivity contribution in [2.45, 2.75) is 83.8 Å². The zero-order valence-corrected chi connectivity index (χ0v) is 15.1. The van der Waals surface area contributed by atoms with Crippen LogP contribution < -0.4 is 0 Å². The number of esters is 1. The fourth-order valence-corrected chi connectivity index (χ4v) is 3.08. The lowest BCUT2D eigenvalue weighted by Gasteiger charge is -2.25. The highest BCUT2D eigenvalue weighted by Gasteiger charge is 2.28. The molecule has 6 heteroatoms. The number of thioether (sulfide) groups is 1. The summed E-state index contributed by atoms with van der Waals surface area (Å²) in [5, 5.41) is -0.214. The van der Waals surface area contributed by atoms with E-state index in [1.807, 2.05) is 34.6 Å². The van der Waals surface area contributed by atoms with Crippen LogP contribution in [0.2, 0.25) is 0 Å². The number of alkyl halides is 3. The molecule has 0 aliphatic carbocycles. The van der Waals surface area contributed by atoms with Crippen LogP contribution >= 0.6 is 11.8 Å². The Morgan fingerprint density at radius 3 is 2.05 bits per heavy atom. The van der Waals surface area contributed by atoms with Gasteiger partial charge < -0.3 is 4.74 Å². The predicted octanol–water partition coefficient (Wildman–Crippen LogP) is 5.60. The van der Waals surface area contributed by atoms with Crippen molar-refractivity contribution in [3.8, 4) is 0 Å². The Bertz CT molecular complexity index is 322. The minimum absolute atomic E-state index is 0.171. The molecule has 2 nitrogen and oxygen atoms in total. The fourth-order valence-electron chi connectivity index (χ4n) is 1.88. The molecule has 0 fully saturated rings. The molecule has 22 heavy (non-hydrogen) atoms. The third-order valence-corrected chi connectivity index (χ3v) is 4.52. The van der Waals surface area contributed by atoms with Crippen molar-refractivity contribution in [1.82, 2.24) is 0 Å². The van der Waals surface area contributed by atoms with Crippen LogP contribution in [0.3, 0.4) is 0 Å². The molecule has 0 aromatic rings. The van der Waals surface area contributed by atoms with Crippen molar-refractivity contribution in [1.29, 1.82) is 0 Å². The van der Waals surface area contributed by atoms with Crippen molar-refractivity contribution in [3.63, 3.8) is 0 Å². The first-order chi connectivity index (χ1) is 9.92. The normalized spacial score (nSPS) is 14.2. The van der Waals surface area contributed by atoms with Crippen LogP contribution in [0.1, 0.15) is 66.7 Å². The molecule has 1 unspecified atom stereocenters. The molecule has 0 amide bonds. The molecule has 0 rings (SSSR count). The van der Waals surface area contributed by atoms with E-state index >= 15 is 0 Å². The zero-order valence-electron chi connectivity index (χ0n) is 14.3. The Morgan fingerprint density at radius 1 is 1.05 bits per heavy atom. The van der Waals surface area contributed by atoms with Crippen molar-refractivity contribution in [2.24, 2.45) is 5.92 Å². The van der Waals surface area contributed by atoms with E-state index in [0.29, 0.717) is 6.42 Å². The summed E-state index contributed by atoms with van der Waals surface area (Å²) in [6.45, 7) is 9.48. The number of carbonyl (C=O) groups excluding carboxylic acids is 1. The summed E-state index contributed by atoms with van der Waals surface area (Å²) in [7, 11) is 0. The monoisotopic (exact) mass is 342 g/mol. The zero-order chi connectivity index (χ0) is 17.4. The lowest BCUT2D eigenvalue weighted by molar-refractivity contribution is -0.154. The largest absolute Gasteiger partial charge is 0.459 e. The van der Waals surface area contributed by atoms with E-state index in [1.54, 1.807) is 11.8 Å². The minimum atomic E-state index is -4.05. The second-order valence-corrected chi connectivity index (χ2v) is 8.10. The molecule has 0 aromatic heterocycles. The van der Waals surface area contributed by atoms with E-state index in [4.69, 9.17) is 4.74 Å². The molecule has 0 heterocycles. The van der Waals surface area contributed by atoms with Crippen LogP contribution in [-0.2, 0) is 9.53 Å². The highest BCUT2D eigenvalue weighted by molar-refractivity contribution is 8.00. The third-order valence-electron chi connectivity index (χ3n) is 2.90. The van der Waals surface area contributed by atoms with Crippen molar-refractivity contribution >= 4 is 17.7 Å². The molecule has 0 aliphatic rings. The van der Waals surface area contributed by atoms with Gasteiger partial charge in [0.15, 0.2) is 0 Å². The van der Waals surface area contributed by atoms with Crippen LogP contribution in [0.5, 0.6) is 0 Å². The molecular weight excluding hydrogens is 313 g/mol. The van der Waals surface area contributed by atoms with Gasteiger partial charge in [0.25, 0.3) is 0 Å². The average Bonchev–Trinajstić information content (AvgIpc) is 2.28. The van der Waals surface area contributed by atoms with Crippen LogP contribution in [-0.4, -0.2) is 28.7 Å². The molecule has 1 atom stereocenters. The summed E-state index contributed by atoms with van der Waals surface area (Å²) in [5.41, 5.74) is -0.498. The maximum absolute atomic E-state index is 12.1. The number of unbranched alkanes of at least 4 members (excludes halogenated alkanes) is 3. The molecule has 0 bridgehead atoms. The van der Waals surface area contributed by atoms with Crippen LogP contribution in [0.4, 0.5) is 13.2 Å². The number of hydrogen-bond acceptors (Lipinski definition) is 3. The van der Waals surface area contributed by atoms with Gasteiger partial charge in [0.2, 0.25) is 0 Å². The summed E-state index contributed by atoms with van der Waals surface area (Å²) in [6.07, 6.45) is -2.38. The first-order valence-corrected chi connectivity index (χ1v) is 8.88. The van der Waals surface area contributed by atoms with E-state index in [9.17, 15) is 18.0 Å². The lowest BCUT2D eigenvalue weighted by atomic mass is 10.1. The summed E-state index contributed by atoms with van der Waals surface area (Å²) >= 11 is 1.55. The van der Waals surface area contributed by atoms with Gasteiger partial charge in [-0.3, -0.25) is 4.79 Å². The van der Waals surface area contributed by atoms with E-state index in [-0.39, 0.29) is 23.6 Å². The maximum atomic E-state index is 12.1. The number of carbonyl (C=O) groups is 1. The van der Waals surface area contributed by atoms with Crippen LogP contribution in [0.15, 0.2) is 0 Å². The van der Waals surface area contributed by atoms with Crippen molar-refractivity contribution in [3.05, 3.63) is 0 Å². The fraction of sp³-hybridized carbons (Fsp3) is 0.938. The first-order valence-electron chi connectivity index (χ1n) is 7.83. The second-order valence-electron chi connectivity index (χ2n) is 6.85. The summed E-state index contributed by atoms with van der Waals surface area (Å²) in [5.74, 6) is 0.739. The topological polar surface area (TPSA) is 26.3 Å². The predicted molar refractivity (Wildman–Crippen MR) is 86.1 cm³/mol. The second kappa shape index (κ2) is 9.68. The lowest BCUT2D eigenvalue weighted by Crippen LogP contribution is -2.33. The quantitative estimate of drug-likeness (QED) is 0.403. The number of ether oxygens (including phenoxy) is 1. The Kier molecular flexibility index (Phi) is 9.51. The number of hydrogen-bond donors (Lipinski definition) is 0. The van der Waals surface area contributed by atoms with E-state index in [1.165, 1.54) is 0 Å². The molecule has 0 saturated heterocycles. The molecule has 132 valence electrons.